The van der Waals surface area contributed by atoms with Crippen LogP contribution in [0.5, 0.6) is 11.5 Å². The number of halogens is 2. The summed E-state index contributed by atoms with van der Waals surface area (Å²) in [6.07, 6.45) is 1.75. The van der Waals surface area contributed by atoms with Crippen molar-refractivity contribution in [2.24, 2.45) is 4.99 Å². The Balaban J connectivity index is 1.50. The van der Waals surface area contributed by atoms with Crippen molar-refractivity contribution in [3.63, 3.8) is 0 Å². The average Bonchev–Trinajstić information content (AvgIpc) is 3.13. The number of thioether (sulfide) groups is 1. The molecule has 0 aliphatic carbocycles. The summed E-state index contributed by atoms with van der Waals surface area (Å²) in [6, 6.07) is 16.8. The highest BCUT2D eigenvalue weighted by molar-refractivity contribution is 8.18. The van der Waals surface area contributed by atoms with Gasteiger partial charge in [-0.15, -0.1) is 0 Å². The first-order chi connectivity index (χ1) is 17.2. The van der Waals surface area contributed by atoms with Gasteiger partial charge in [-0.05, 0) is 77.5 Å². The SMILES string of the molecule is COc1cc(/C=C2\SC(=Nc3ccc(C(=O)O)cc3)N(C)C2=O)ccc1OCc1ccc(Cl)c(Cl)c1. The first-order valence-corrected chi connectivity index (χ1v) is 12.2. The third kappa shape index (κ3) is 5.84. The summed E-state index contributed by atoms with van der Waals surface area (Å²) in [5.41, 5.74) is 2.33. The molecule has 4 rings (SSSR count). The van der Waals surface area contributed by atoms with Crippen molar-refractivity contribution in [3.8, 4) is 11.5 Å². The fourth-order valence-electron chi connectivity index (χ4n) is 3.28. The first-order valence-electron chi connectivity index (χ1n) is 10.6. The molecule has 0 bridgehead atoms. The summed E-state index contributed by atoms with van der Waals surface area (Å²) in [4.78, 5) is 30.2. The molecule has 1 N–H and O–H groups in total. The number of methoxy groups -OCH3 is 1. The number of carbonyl (C=O) groups is 2. The molecule has 0 atom stereocenters. The number of hydrogen-bond acceptors (Lipinski definition) is 6. The van der Waals surface area contributed by atoms with Gasteiger partial charge < -0.3 is 14.6 Å². The number of aromatic carboxylic acids is 1. The second-order valence-corrected chi connectivity index (χ2v) is 9.49. The molecular weight excluding hydrogens is 523 g/mol. The van der Waals surface area contributed by atoms with Gasteiger partial charge in [0.05, 0.1) is 33.3 Å². The molecule has 1 aliphatic rings. The molecule has 7 nitrogen and oxygen atoms in total. The molecule has 3 aromatic rings. The summed E-state index contributed by atoms with van der Waals surface area (Å²) in [6.45, 7) is 0.278. The van der Waals surface area contributed by atoms with E-state index in [1.807, 2.05) is 12.1 Å². The fourth-order valence-corrected chi connectivity index (χ4v) is 4.58. The van der Waals surface area contributed by atoms with E-state index in [-0.39, 0.29) is 18.1 Å². The Labute approximate surface area is 221 Å². The Hall–Kier alpha value is -3.46. The number of rotatable bonds is 7. The number of amidine groups is 1. The minimum atomic E-state index is -1.01. The van der Waals surface area contributed by atoms with Crippen LogP contribution in [0.15, 0.2) is 70.6 Å². The number of nitrogens with zero attached hydrogens (tertiary/aromatic N) is 2. The van der Waals surface area contributed by atoms with E-state index in [2.05, 4.69) is 4.99 Å². The predicted molar refractivity (Wildman–Crippen MR) is 143 cm³/mol. The van der Waals surface area contributed by atoms with Crippen LogP contribution < -0.4 is 9.47 Å². The monoisotopic (exact) mass is 542 g/mol. The molecule has 0 spiro atoms. The summed E-state index contributed by atoms with van der Waals surface area (Å²) in [5, 5.41) is 10.5. The van der Waals surface area contributed by atoms with Crippen LogP contribution in [0.3, 0.4) is 0 Å². The van der Waals surface area contributed by atoms with Gasteiger partial charge in [0.1, 0.15) is 6.61 Å². The van der Waals surface area contributed by atoms with E-state index in [1.54, 1.807) is 56.6 Å². The zero-order chi connectivity index (χ0) is 25.8. The summed E-state index contributed by atoms with van der Waals surface area (Å²) in [5.74, 6) is -0.149. The molecular formula is C26H20Cl2N2O5S. The number of carboxylic acids is 1. The summed E-state index contributed by atoms with van der Waals surface area (Å²) < 4.78 is 11.4. The fraction of sp³-hybridized carbons (Fsp3) is 0.115. The molecule has 1 heterocycles. The van der Waals surface area contributed by atoms with E-state index in [4.69, 9.17) is 37.8 Å². The number of aliphatic imine (C=N–C) groups is 1. The molecule has 0 radical (unpaired) electrons. The molecule has 1 saturated heterocycles. The normalized spacial score (nSPS) is 15.6. The standard InChI is InChI=1S/C26H20Cl2N2O5S/c1-30-24(31)23(36-26(30)29-18-7-5-17(6-8-18)25(32)33)13-15-4-10-21(22(12-15)34-2)35-14-16-3-9-19(27)20(28)11-16/h3-13H,14H2,1-2H3,(H,32,33)/b23-13-,29-26?. The maximum Gasteiger partial charge on any atom is 0.335 e. The number of carboxylic acid groups (broad SMARTS) is 1. The van der Waals surface area contributed by atoms with Gasteiger partial charge in [0, 0.05) is 7.05 Å². The van der Waals surface area contributed by atoms with Crippen LogP contribution in [0.2, 0.25) is 10.0 Å². The maximum absolute atomic E-state index is 12.8. The smallest absolute Gasteiger partial charge is 0.335 e. The van der Waals surface area contributed by atoms with E-state index in [1.165, 1.54) is 28.8 Å². The molecule has 1 fully saturated rings. The van der Waals surface area contributed by atoms with Crippen molar-refractivity contribution >= 4 is 63.8 Å². The predicted octanol–water partition coefficient (Wildman–Crippen LogP) is 6.51. The zero-order valence-electron chi connectivity index (χ0n) is 19.2. The minimum Gasteiger partial charge on any atom is -0.493 e. The van der Waals surface area contributed by atoms with Crippen LogP contribution in [0, 0.1) is 0 Å². The van der Waals surface area contributed by atoms with Gasteiger partial charge in [-0.3, -0.25) is 9.69 Å². The van der Waals surface area contributed by atoms with Crippen LogP contribution >= 0.6 is 35.0 Å². The van der Waals surface area contributed by atoms with E-state index in [0.29, 0.717) is 37.3 Å². The topological polar surface area (TPSA) is 88.4 Å². The van der Waals surface area contributed by atoms with Gasteiger partial charge in [0.2, 0.25) is 0 Å². The third-order valence-corrected chi connectivity index (χ3v) is 7.01. The molecule has 36 heavy (non-hydrogen) atoms. The first kappa shape index (κ1) is 25.6. The number of carbonyl (C=O) groups excluding carboxylic acids is 1. The Kier molecular flexibility index (Phi) is 7.88. The Morgan fingerprint density at radius 2 is 1.81 bits per heavy atom. The number of likely N-dealkylation sites (N-methyl/N-ethyl adjacent to an activating group) is 1. The van der Waals surface area contributed by atoms with E-state index < -0.39 is 5.97 Å². The molecule has 0 saturated carbocycles. The summed E-state index contributed by atoms with van der Waals surface area (Å²) in [7, 11) is 3.18. The molecule has 0 unspecified atom stereocenters. The number of ether oxygens (including phenoxy) is 2. The Morgan fingerprint density at radius 1 is 1.06 bits per heavy atom. The van der Waals surface area contributed by atoms with Gasteiger partial charge in [-0.2, -0.15) is 0 Å². The lowest BCUT2D eigenvalue weighted by atomic mass is 10.2. The van der Waals surface area contributed by atoms with Crippen molar-refractivity contribution in [3.05, 3.63) is 92.3 Å². The quantitative estimate of drug-likeness (QED) is 0.342. The average molecular weight is 543 g/mol. The Bertz CT molecular complexity index is 1390. The van der Waals surface area contributed by atoms with E-state index >= 15 is 0 Å². The number of benzene rings is 3. The van der Waals surface area contributed by atoms with Gasteiger partial charge in [0.15, 0.2) is 16.7 Å². The van der Waals surface area contributed by atoms with Crippen LogP contribution in [0.25, 0.3) is 6.08 Å². The molecule has 0 aromatic heterocycles. The highest BCUT2D eigenvalue weighted by atomic mass is 35.5. The van der Waals surface area contributed by atoms with Gasteiger partial charge in [-0.25, -0.2) is 9.79 Å². The third-order valence-electron chi connectivity index (χ3n) is 5.21. The van der Waals surface area contributed by atoms with Gasteiger partial charge in [0.25, 0.3) is 5.91 Å². The van der Waals surface area contributed by atoms with E-state index in [0.717, 1.165) is 11.1 Å². The number of amides is 1. The Morgan fingerprint density at radius 3 is 2.47 bits per heavy atom. The molecule has 10 heteroatoms. The highest BCUT2D eigenvalue weighted by Gasteiger charge is 2.30. The molecule has 1 amide bonds. The van der Waals surface area contributed by atoms with Crippen molar-refractivity contribution in [2.75, 3.05) is 14.2 Å². The summed E-state index contributed by atoms with van der Waals surface area (Å²) >= 11 is 13.3. The second-order valence-electron chi connectivity index (χ2n) is 7.67. The lowest BCUT2D eigenvalue weighted by molar-refractivity contribution is -0.121. The molecule has 3 aromatic carbocycles. The highest BCUT2D eigenvalue weighted by Crippen LogP contribution is 2.35. The zero-order valence-corrected chi connectivity index (χ0v) is 21.5. The van der Waals surface area contributed by atoms with Gasteiger partial charge in [-0.1, -0.05) is 35.3 Å². The van der Waals surface area contributed by atoms with Crippen molar-refractivity contribution < 1.29 is 24.2 Å². The lowest BCUT2D eigenvalue weighted by Gasteiger charge is -2.12. The molecule has 1 aliphatic heterocycles. The molecule has 184 valence electrons. The van der Waals surface area contributed by atoms with Crippen molar-refractivity contribution in [2.45, 2.75) is 6.61 Å². The van der Waals surface area contributed by atoms with Crippen molar-refractivity contribution in [1.82, 2.24) is 4.90 Å². The maximum atomic E-state index is 12.8. The largest absolute Gasteiger partial charge is 0.493 e. The second kappa shape index (κ2) is 11.1. The van der Waals surface area contributed by atoms with Crippen LogP contribution in [0.4, 0.5) is 5.69 Å². The van der Waals surface area contributed by atoms with Crippen LogP contribution in [-0.2, 0) is 11.4 Å². The number of hydrogen-bond donors (Lipinski definition) is 1. The van der Waals surface area contributed by atoms with E-state index in [9.17, 15) is 9.59 Å². The van der Waals surface area contributed by atoms with Gasteiger partial charge >= 0.3 is 5.97 Å². The van der Waals surface area contributed by atoms with Crippen LogP contribution in [-0.4, -0.2) is 41.2 Å². The lowest BCUT2D eigenvalue weighted by Crippen LogP contribution is -2.23. The minimum absolute atomic E-state index is 0.168. The van der Waals surface area contributed by atoms with Crippen LogP contribution in [0.1, 0.15) is 21.5 Å². The van der Waals surface area contributed by atoms with Crippen molar-refractivity contribution in [1.29, 1.82) is 0 Å².